The lowest BCUT2D eigenvalue weighted by Crippen LogP contribution is -2.16. The van der Waals surface area contributed by atoms with Crippen LogP contribution in [0.25, 0.3) is 4.96 Å². The highest BCUT2D eigenvalue weighted by atomic mass is 32.1. The SMILES string of the molecule is Cc1nc2scc(C(N)CO)n2c1C. The van der Waals surface area contributed by atoms with Crippen molar-refractivity contribution in [1.82, 2.24) is 9.38 Å². The molecule has 2 aromatic heterocycles. The summed E-state index contributed by atoms with van der Waals surface area (Å²) in [4.78, 5) is 5.34. The average Bonchev–Trinajstić information content (AvgIpc) is 2.68. The van der Waals surface area contributed by atoms with E-state index in [0.29, 0.717) is 0 Å². The summed E-state index contributed by atoms with van der Waals surface area (Å²) in [6.07, 6.45) is 0. The monoisotopic (exact) mass is 211 g/mol. The molecule has 5 heteroatoms. The molecule has 14 heavy (non-hydrogen) atoms. The van der Waals surface area contributed by atoms with E-state index < -0.39 is 0 Å². The fourth-order valence-corrected chi connectivity index (χ4v) is 2.52. The van der Waals surface area contributed by atoms with Crippen molar-refractivity contribution in [3.8, 4) is 0 Å². The van der Waals surface area contributed by atoms with Gasteiger partial charge in [0.15, 0.2) is 4.96 Å². The number of fused-ring (bicyclic) bond motifs is 1. The van der Waals surface area contributed by atoms with Crippen LogP contribution in [0, 0.1) is 13.8 Å². The molecule has 0 bridgehead atoms. The molecule has 0 amide bonds. The molecule has 2 aromatic rings. The Kier molecular flexibility index (Phi) is 2.30. The second-order valence-corrected chi connectivity index (χ2v) is 4.19. The second-order valence-electron chi connectivity index (χ2n) is 3.35. The van der Waals surface area contributed by atoms with Crippen molar-refractivity contribution in [1.29, 1.82) is 0 Å². The Morgan fingerprint density at radius 1 is 1.64 bits per heavy atom. The molecule has 0 aliphatic carbocycles. The van der Waals surface area contributed by atoms with Crippen LogP contribution in [0.3, 0.4) is 0 Å². The highest BCUT2D eigenvalue weighted by Gasteiger charge is 2.14. The largest absolute Gasteiger partial charge is 0.394 e. The van der Waals surface area contributed by atoms with Crippen molar-refractivity contribution < 1.29 is 5.11 Å². The normalized spacial score (nSPS) is 13.7. The highest BCUT2D eigenvalue weighted by molar-refractivity contribution is 7.15. The summed E-state index contributed by atoms with van der Waals surface area (Å²) < 4.78 is 2.01. The molecule has 2 heterocycles. The third-order valence-electron chi connectivity index (χ3n) is 2.43. The van der Waals surface area contributed by atoms with Crippen molar-refractivity contribution in [2.75, 3.05) is 6.61 Å². The van der Waals surface area contributed by atoms with E-state index >= 15 is 0 Å². The summed E-state index contributed by atoms with van der Waals surface area (Å²) in [7, 11) is 0. The van der Waals surface area contributed by atoms with E-state index in [4.69, 9.17) is 10.8 Å². The van der Waals surface area contributed by atoms with Crippen LogP contribution in [0.2, 0.25) is 0 Å². The Hall–Kier alpha value is -0.910. The van der Waals surface area contributed by atoms with Gasteiger partial charge in [-0.1, -0.05) is 0 Å². The van der Waals surface area contributed by atoms with Gasteiger partial charge in [-0.05, 0) is 13.8 Å². The number of aliphatic hydroxyl groups excluding tert-OH is 1. The number of aliphatic hydroxyl groups is 1. The first-order valence-corrected chi connectivity index (χ1v) is 5.32. The Morgan fingerprint density at radius 2 is 2.36 bits per heavy atom. The van der Waals surface area contributed by atoms with Crippen LogP contribution >= 0.6 is 11.3 Å². The van der Waals surface area contributed by atoms with Gasteiger partial charge in [0.25, 0.3) is 0 Å². The number of nitrogens with two attached hydrogens (primary N) is 1. The average molecular weight is 211 g/mol. The molecule has 0 spiro atoms. The van der Waals surface area contributed by atoms with E-state index in [0.717, 1.165) is 22.0 Å². The Balaban J connectivity index is 2.66. The van der Waals surface area contributed by atoms with Crippen LogP contribution in [0.5, 0.6) is 0 Å². The van der Waals surface area contributed by atoms with Gasteiger partial charge >= 0.3 is 0 Å². The molecular formula is C9H13N3OS. The number of rotatable bonds is 2. The fourth-order valence-electron chi connectivity index (χ4n) is 1.48. The first kappa shape index (κ1) is 9.64. The maximum Gasteiger partial charge on any atom is 0.194 e. The second kappa shape index (κ2) is 3.34. The fraction of sp³-hybridized carbons (Fsp3) is 0.444. The summed E-state index contributed by atoms with van der Waals surface area (Å²) in [6.45, 7) is 3.95. The van der Waals surface area contributed by atoms with Crippen molar-refractivity contribution >= 4 is 16.3 Å². The van der Waals surface area contributed by atoms with E-state index in [2.05, 4.69) is 4.98 Å². The van der Waals surface area contributed by atoms with Gasteiger partial charge in [-0.25, -0.2) is 4.98 Å². The lowest BCUT2D eigenvalue weighted by Gasteiger charge is -2.07. The lowest BCUT2D eigenvalue weighted by molar-refractivity contribution is 0.265. The minimum absolute atomic E-state index is 0.0392. The van der Waals surface area contributed by atoms with E-state index in [1.807, 2.05) is 23.6 Å². The van der Waals surface area contributed by atoms with E-state index in [1.165, 1.54) is 0 Å². The molecule has 0 aliphatic heterocycles. The number of hydrogen-bond donors (Lipinski definition) is 2. The maximum atomic E-state index is 9.01. The Bertz CT molecular complexity index is 460. The van der Waals surface area contributed by atoms with E-state index in [9.17, 15) is 0 Å². The van der Waals surface area contributed by atoms with Gasteiger partial charge in [0, 0.05) is 11.1 Å². The van der Waals surface area contributed by atoms with Crippen LogP contribution in [-0.4, -0.2) is 21.1 Å². The highest BCUT2D eigenvalue weighted by Crippen LogP contribution is 2.23. The van der Waals surface area contributed by atoms with Crippen molar-refractivity contribution in [2.24, 2.45) is 5.73 Å². The van der Waals surface area contributed by atoms with Gasteiger partial charge in [-0.2, -0.15) is 0 Å². The number of hydrogen-bond acceptors (Lipinski definition) is 4. The number of nitrogens with zero attached hydrogens (tertiary/aromatic N) is 2. The van der Waals surface area contributed by atoms with Crippen LogP contribution in [0.15, 0.2) is 5.38 Å². The molecule has 0 fully saturated rings. The number of aromatic nitrogens is 2. The number of imidazole rings is 1. The molecule has 4 nitrogen and oxygen atoms in total. The predicted octanol–water partition coefficient (Wildman–Crippen LogP) is 1.00. The molecule has 1 unspecified atom stereocenters. The van der Waals surface area contributed by atoms with Gasteiger partial charge in [0.05, 0.1) is 24.0 Å². The quantitative estimate of drug-likeness (QED) is 0.779. The summed E-state index contributed by atoms with van der Waals surface area (Å²) in [5.74, 6) is 0. The zero-order valence-corrected chi connectivity index (χ0v) is 9.01. The van der Waals surface area contributed by atoms with Crippen molar-refractivity contribution in [3.63, 3.8) is 0 Å². The van der Waals surface area contributed by atoms with Gasteiger partial charge < -0.3 is 10.8 Å². The molecule has 0 aromatic carbocycles. The van der Waals surface area contributed by atoms with Crippen molar-refractivity contribution in [3.05, 3.63) is 22.5 Å². The summed E-state index contributed by atoms with van der Waals surface area (Å²) >= 11 is 1.55. The van der Waals surface area contributed by atoms with Gasteiger partial charge in [0.1, 0.15) is 0 Å². The Morgan fingerprint density at radius 3 is 3.00 bits per heavy atom. The number of aryl methyl sites for hydroxylation is 2. The summed E-state index contributed by atoms with van der Waals surface area (Å²) in [6, 6.07) is -0.323. The molecule has 2 rings (SSSR count). The smallest absolute Gasteiger partial charge is 0.194 e. The molecule has 0 saturated heterocycles. The standard InChI is InChI=1S/C9H13N3OS/c1-5-6(2)12-8(7(10)3-13)4-14-9(12)11-5/h4,7,13H,3,10H2,1-2H3. The minimum atomic E-state index is -0.323. The summed E-state index contributed by atoms with van der Waals surface area (Å²) in [5, 5.41) is 11.0. The zero-order valence-electron chi connectivity index (χ0n) is 8.19. The number of thiazole rings is 1. The molecular weight excluding hydrogens is 198 g/mol. The van der Waals surface area contributed by atoms with Crippen LogP contribution in [-0.2, 0) is 0 Å². The summed E-state index contributed by atoms with van der Waals surface area (Å²) in [5.41, 5.74) is 8.84. The predicted molar refractivity (Wildman–Crippen MR) is 56.6 cm³/mol. The third kappa shape index (κ3) is 1.25. The van der Waals surface area contributed by atoms with Gasteiger partial charge in [0.2, 0.25) is 0 Å². The molecule has 0 saturated carbocycles. The van der Waals surface area contributed by atoms with Crippen molar-refractivity contribution in [2.45, 2.75) is 19.9 Å². The molecule has 0 radical (unpaired) electrons. The van der Waals surface area contributed by atoms with E-state index in [1.54, 1.807) is 11.3 Å². The Labute approximate surface area is 86.0 Å². The maximum absolute atomic E-state index is 9.01. The topological polar surface area (TPSA) is 63.5 Å². The molecule has 0 aliphatic rings. The van der Waals surface area contributed by atoms with Gasteiger partial charge in [-0.15, -0.1) is 11.3 Å². The van der Waals surface area contributed by atoms with Crippen LogP contribution < -0.4 is 5.73 Å². The van der Waals surface area contributed by atoms with E-state index in [-0.39, 0.29) is 12.6 Å². The molecule has 1 atom stereocenters. The van der Waals surface area contributed by atoms with Gasteiger partial charge in [-0.3, -0.25) is 4.40 Å². The van der Waals surface area contributed by atoms with Crippen LogP contribution in [0.1, 0.15) is 23.1 Å². The molecule has 76 valence electrons. The molecule has 3 N–H and O–H groups in total. The lowest BCUT2D eigenvalue weighted by atomic mass is 10.2. The third-order valence-corrected chi connectivity index (χ3v) is 3.28. The first-order valence-electron chi connectivity index (χ1n) is 4.44. The zero-order chi connectivity index (χ0) is 10.3. The minimum Gasteiger partial charge on any atom is -0.394 e. The first-order chi connectivity index (χ1) is 6.65. The van der Waals surface area contributed by atoms with Crippen LogP contribution in [0.4, 0.5) is 0 Å².